The monoisotopic (exact) mass is 275 g/mol. The molecule has 0 spiro atoms. The van der Waals surface area contributed by atoms with E-state index in [-0.39, 0.29) is 5.91 Å². The van der Waals surface area contributed by atoms with Gasteiger partial charge in [0.2, 0.25) is 0 Å². The second-order valence-corrected chi connectivity index (χ2v) is 5.26. The molecule has 20 heavy (non-hydrogen) atoms. The van der Waals surface area contributed by atoms with Gasteiger partial charge in [-0.1, -0.05) is 25.1 Å². The number of carbonyl (C=O) groups excluding carboxylic acids is 1. The summed E-state index contributed by atoms with van der Waals surface area (Å²) in [5, 5.41) is 11.9. The first-order chi connectivity index (χ1) is 9.28. The van der Waals surface area contributed by atoms with Gasteiger partial charge in [-0.05, 0) is 44.9 Å². The van der Waals surface area contributed by atoms with Crippen molar-refractivity contribution < 1.29 is 14.7 Å². The normalized spacial score (nSPS) is 12.1. The highest BCUT2D eigenvalue weighted by molar-refractivity contribution is 6.03. The summed E-state index contributed by atoms with van der Waals surface area (Å²) >= 11 is 0. The molecule has 0 saturated heterocycles. The zero-order chi connectivity index (χ0) is 15.3. The molecule has 0 heterocycles. The number of allylic oxidation sites excluding steroid dienone is 1. The maximum atomic E-state index is 11.8. The van der Waals surface area contributed by atoms with Gasteiger partial charge in [-0.25, -0.2) is 0 Å². The lowest BCUT2D eigenvalue weighted by Gasteiger charge is -2.19. The molecule has 0 aromatic heterocycles. The molecule has 0 radical (unpaired) electrons. The van der Waals surface area contributed by atoms with Gasteiger partial charge in [0.1, 0.15) is 0 Å². The van der Waals surface area contributed by atoms with E-state index in [1.165, 1.54) is 0 Å². The van der Waals surface area contributed by atoms with Gasteiger partial charge in [-0.3, -0.25) is 9.59 Å². The first-order valence-electron chi connectivity index (χ1n) is 6.61. The highest BCUT2D eigenvalue weighted by Gasteiger charge is 2.29. The SMILES string of the molecule is CCC=C(C)C(=O)Nc1ccc(C(C)(C)C(=O)O)cc1. The molecular weight excluding hydrogens is 254 g/mol. The van der Waals surface area contributed by atoms with Crippen LogP contribution in [-0.2, 0) is 15.0 Å². The Labute approximate surface area is 119 Å². The molecule has 4 heteroatoms. The van der Waals surface area contributed by atoms with Gasteiger partial charge in [0, 0.05) is 11.3 Å². The van der Waals surface area contributed by atoms with E-state index in [9.17, 15) is 9.59 Å². The summed E-state index contributed by atoms with van der Waals surface area (Å²) in [5.41, 5.74) is 1.08. The van der Waals surface area contributed by atoms with Gasteiger partial charge < -0.3 is 10.4 Å². The molecule has 0 unspecified atom stereocenters. The molecule has 0 aliphatic carbocycles. The summed E-state index contributed by atoms with van der Waals surface area (Å²) in [4.78, 5) is 23.0. The highest BCUT2D eigenvalue weighted by Crippen LogP contribution is 2.24. The van der Waals surface area contributed by atoms with Gasteiger partial charge >= 0.3 is 5.97 Å². The Hall–Kier alpha value is -2.10. The fraction of sp³-hybridized carbons (Fsp3) is 0.375. The number of benzene rings is 1. The van der Waals surface area contributed by atoms with Crippen LogP contribution in [0, 0.1) is 0 Å². The van der Waals surface area contributed by atoms with E-state index >= 15 is 0 Å². The van der Waals surface area contributed by atoms with Gasteiger partial charge in [0.15, 0.2) is 0 Å². The molecule has 0 saturated carbocycles. The average Bonchev–Trinajstić information content (AvgIpc) is 2.39. The third-order valence-corrected chi connectivity index (χ3v) is 3.27. The molecule has 2 N–H and O–H groups in total. The Bertz CT molecular complexity index is 527. The first kappa shape index (κ1) is 16.0. The summed E-state index contributed by atoms with van der Waals surface area (Å²) in [6.07, 6.45) is 2.67. The summed E-state index contributed by atoms with van der Waals surface area (Å²) in [7, 11) is 0. The molecule has 1 rings (SSSR count). The summed E-state index contributed by atoms with van der Waals surface area (Å²) in [6.45, 7) is 7.04. The fourth-order valence-electron chi connectivity index (χ4n) is 1.72. The van der Waals surface area contributed by atoms with Crippen LogP contribution in [0.2, 0.25) is 0 Å². The summed E-state index contributed by atoms with van der Waals surface area (Å²) in [6, 6.07) is 6.89. The van der Waals surface area contributed by atoms with Crippen LogP contribution in [-0.4, -0.2) is 17.0 Å². The number of carboxylic acid groups (broad SMARTS) is 1. The second kappa shape index (κ2) is 6.37. The van der Waals surface area contributed by atoms with Gasteiger partial charge in [0.05, 0.1) is 5.41 Å². The molecule has 0 fully saturated rings. The zero-order valence-electron chi connectivity index (χ0n) is 12.4. The smallest absolute Gasteiger partial charge is 0.313 e. The Morgan fingerprint density at radius 1 is 1.25 bits per heavy atom. The molecule has 0 bridgehead atoms. The van der Waals surface area contributed by atoms with Crippen molar-refractivity contribution in [1.82, 2.24) is 0 Å². The van der Waals surface area contributed by atoms with Crippen LogP contribution in [0.1, 0.15) is 39.7 Å². The quantitative estimate of drug-likeness (QED) is 0.810. The van der Waals surface area contributed by atoms with Crippen molar-refractivity contribution in [2.45, 2.75) is 39.5 Å². The van der Waals surface area contributed by atoms with Crippen LogP contribution in [0.5, 0.6) is 0 Å². The van der Waals surface area contributed by atoms with Gasteiger partial charge in [-0.15, -0.1) is 0 Å². The number of hydrogen-bond donors (Lipinski definition) is 2. The van der Waals surface area contributed by atoms with E-state index in [1.807, 2.05) is 13.0 Å². The summed E-state index contributed by atoms with van der Waals surface area (Å²) in [5.74, 6) is -1.02. The van der Waals surface area contributed by atoms with E-state index in [4.69, 9.17) is 5.11 Å². The topological polar surface area (TPSA) is 66.4 Å². The van der Waals surface area contributed by atoms with E-state index < -0.39 is 11.4 Å². The second-order valence-electron chi connectivity index (χ2n) is 5.26. The van der Waals surface area contributed by atoms with Crippen molar-refractivity contribution in [2.24, 2.45) is 0 Å². The molecule has 108 valence electrons. The predicted molar refractivity (Wildman–Crippen MR) is 79.8 cm³/mol. The number of rotatable bonds is 5. The van der Waals surface area contributed by atoms with Crippen molar-refractivity contribution in [1.29, 1.82) is 0 Å². The van der Waals surface area contributed by atoms with Crippen LogP contribution in [0.3, 0.4) is 0 Å². The number of amides is 1. The van der Waals surface area contributed by atoms with Crippen LogP contribution >= 0.6 is 0 Å². The van der Waals surface area contributed by atoms with E-state index in [0.717, 1.165) is 6.42 Å². The zero-order valence-corrected chi connectivity index (χ0v) is 12.4. The van der Waals surface area contributed by atoms with Crippen LogP contribution in [0.4, 0.5) is 5.69 Å². The molecule has 1 aromatic carbocycles. The van der Waals surface area contributed by atoms with E-state index in [2.05, 4.69) is 5.32 Å². The largest absolute Gasteiger partial charge is 0.481 e. The van der Waals surface area contributed by atoms with Crippen molar-refractivity contribution in [3.63, 3.8) is 0 Å². The lowest BCUT2D eigenvalue weighted by molar-refractivity contribution is -0.142. The minimum atomic E-state index is -0.944. The molecule has 1 amide bonds. The van der Waals surface area contributed by atoms with E-state index in [1.54, 1.807) is 45.0 Å². The van der Waals surface area contributed by atoms with Crippen LogP contribution < -0.4 is 5.32 Å². The van der Waals surface area contributed by atoms with Crippen molar-refractivity contribution in [2.75, 3.05) is 5.32 Å². The van der Waals surface area contributed by atoms with E-state index in [0.29, 0.717) is 16.8 Å². The van der Waals surface area contributed by atoms with Crippen molar-refractivity contribution >= 4 is 17.6 Å². The van der Waals surface area contributed by atoms with Gasteiger partial charge in [-0.2, -0.15) is 0 Å². The Morgan fingerprint density at radius 3 is 2.25 bits per heavy atom. The third kappa shape index (κ3) is 3.70. The number of carbonyl (C=O) groups is 2. The lowest BCUT2D eigenvalue weighted by atomic mass is 9.85. The minimum Gasteiger partial charge on any atom is -0.481 e. The lowest BCUT2D eigenvalue weighted by Crippen LogP contribution is -2.28. The molecule has 0 aliphatic rings. The van der Waals surface area contributed by atoms with Crippen molar-refractivity contribution in [3.05, 3.63) is 41.5 Å². The molecule has 0 aliphatic heterocycles. The number of anilines is 1. The van der Waals surface area contributed by atoms with Crippen LogP contribution in [0.15, 0.2) is 35.9 Å². The molecular formula is C16H21NO3. The summed E-state index contributed by atoms with van der Waals surface area (Å²) < 4.78 is 0. The first-order valence-corrected chi connectivity index (χ1v) is 6.61. The highest BCUT2D eigenvalue weighted by atomic mass is 16.4. The Morgan fingerprint density at radius 2 is 1.80 bits per heavy atom. The Kier molecular flexibility index (Phi) is 5.08. The standard InChI is InChI=1S/C16H21NO3/c1-5-6-11(2)14(18)17-13-9-7-12(8-10-13)16(3,4)15(19)20/h6-10H,5H2,1-4H3,(H,17,18)(H,19,20). The maximum absolute atomic E-state index is 11.8. The maximum Gasteiger partial charge on any atom is 0.313 e. The molecule has 0 atom stereocenters. The molecule has 4 nitrogen and oxygen atoms in total. The predicted octanol–water partition coefficient (Wildman–Crippen LogP) is 3.34. The number of hydrogen-bond acceptors (Lipinski definition) is 2. The number of carboxylic acids is 1. The van der Waals surface area contributed by atoms with Crippen molar-refractivity contribution in [3.8, 4) is 0 Å². The Balaban J connectivity index is 2.85. The minimum absolute atomic E-state index is 0.142. The van der Waals surface area contributed by atoms with Gasteiger partial charge in [0.25, 0.3) is 5.91 Å². The fourth-order valence-corrected chi connectivity index (χ4v) is 1.72. The van der Waals surface area contributed by atoms with Crippen LogP contribution in [0.25, 0.3) is 0 Å². The number of nitrogens with one attached hydrogen (secondary N) is 1. The average molecular weight is 275 g/mol. The number of aliphatic carboxylic acids is 1. The third-order valence-electron chi connectivity index (χ3n) is 3.27. The molecule has 1 aromatic rings.